The van der Waals surface area contributed by atoms with E-state index in [9.17, 15) is 9.90 Å². The Labute approximate surface area is 206 Å². The van der Waals surface area contributed by atoms with Crippen molar-refractivity contribution < 1.29 is 23.8 Å². The van der Waals surface area contributed by atoms with Crippen LogP contribution in [0.25, 0.3) is 11.0 Å². The molecular weight excluding hydrogens is 500 g/mol. The lowest BCUT2D eigenvalue weighted by Gasteiger charge is -2.29. The van der Waals surface area contributed by atoms with E-state index in [4.69, 9.17) is 13.9 Å². The smallest absolute Gasteiger partial charge is 0.273 e. The van der Waals surface area contributed by atoms with Crippen LogP contribution in [-0.2, 0) is 6.54 Å². The summed E-state index contributed by atoms with van der Waals surface area (Å²) < 4.78 is 17.2. The molecule has 0 spiro atoms. The second-order valence-corrected chi connectivity index (χ2v) is 8.66. The van der Waals surface area contributed by atoms with E-state index in [1.54, 1.807) is 24.1 Å². The van der Waals surface area contributed by atoms with Crippen molar-refractivity contribution in [1.82, 2.24) is 9.88 Å². The maximum absolute atomic E-state index is 13.7. The summed E-state index contributed by atoms with van der Waals surface area (Å²) in [6, 6.07) is 17.7. The van der Waals surface area contributed by atoms with Gasteiger partial charge in [-0.2, -0.15) is 0 Å². The molecule has 0 saturated heterocycles. The standard InChI is InChI=1S/C26H25BrN2O5/c1-16-5-4-6-23-19(16)13-24(34-23)22(15-30)29(14-17-7-9-18(32-2)10-8-17)26(31)21-12-11-20(27)25(28-21)33-3/h4-13,22,30H,14-15H2,1-3H3. The normalized spacial score (nSPS) is 11.9. The van der Waals surface area contributed by atoms with Gasteiger partial charge in [0.2, 0.25) is 5.88 Å². The van der Waals surface area contributed by atoms with Gasteiger partial charge in [0, 0.05) is 11.9 Å². The largest absolute Gasteiger partial charge is 0.497 e. The summed E-state index contributed by atoms with van der Waals surface area (Å²) in [7, 11) is 3.09. The number of pyridine rings is 1. The minimum absolute atomic E-state index is 0.194. The van der Waals surface area contributed by atoms with Crippen molar-refractivity contribution in [1.29, 1.82) is 0 Å². The highest BCUT2D eigenvalue weighted by Gasteiger charge is 2.30. The molecule has 0 bridgehead atoms. The van der Waals surface area contributed by atoms with Crippen LogP contribution in [0.3, 0.4) is 0 Å². The quantitative estimate of drug-likeness (QED) is 0.337. The van der Waals surface area contributed by atoms with E-state index in [0.717, 1.165) is 16.5 Å². The molecule has 0 aliphatic heterocycles. The van der Waals surface area contributed by atoms with E-state index in [2.05, 4.69) is 20.9 Å². The SMILES string of the molecule is COc1ccc(CN(C(=O)c2ccc(Br)c(OC)n2)C(CO)c2cc3c(C)cccc3o2)cc1. The van der Waals surface area contributed by atoms with Crippen LogP contribution in [0.4, 0.5) is 0 Å². The zero-order valence-electron chi connectivity index (χ0n) is 19.1. The van der Waals surface area contributed by atoms with Crippen LogP contribution in [0.1, 0.15) is 33.4 Å². The number of nitrogens with zero attached hydrogens (tertiary/aromatic N) is 2. The van der Waals surface area contributed by atoms with Crippen molar-refractivity contribution in [2.75, 3.05) is 20.8 Å². The van der Waals surface area contributed by atoms with Crippen molar-refractivity contribution in [3.05, 3.63) is 87.7 Å². The van der Waals surface area contributed by atoms with E-state index in [-0.39, 0.29) is 24.8 Å². The first kappa shape index (κ1) is 23.8. The molecule has 1 N–H and O–H groups in total. The Kier molecular flexibility index (Phi) is 7.19. The zero-order valence-corrected chi connectivity index (χ0v) is 20.7. The molecule has 4 aromatic rings. The molecule has 1 unspecified atom stereocenters. The first-order valence-electron chi connectivity index (χ1n) is 10.7. The number of hydrogen-bond donors (Lipinski definition) is 1. The lowest BCUT2D eigenvalue weighted by molar-refractivity contribution is 0.0525. The van der Waals surface area contributed by atoms with Gasteiger partial charge in [0.15, 0.2) is 0 Å². The van der Waals surface area contributed by atoms with Gasteiger partial charge in [-0.15, -0.1) is 0 Å². The number of amides is 1. The Hall–Kier alpha value is -3.36. The number of rotatable bonds is 8. The third-order valence-electron chi connectivity index (χ3n) is 5.68. The van der Waals surface area contributed by atoms with Gasteiger partial charge in [-0.3, -0.25) is 4.79 Å². The summed E-state index contributed by atoms with van der Waals surface area (Å²) in [4.78, 5) is 19.6. The van der Waals surface area contributed by atoms with E-state index in [1.165, 1.54) is 7.11 Å². The summed E-state index contributed by atoms with van der Waals surface area (Å²) >= 11 is 3.37. The molecule has 0 fully saturated rings. The number of fused-ring (bicyclic) bond motifs is 1. The van der Waals surface area contributed by atoms with Crippen LogP contribution in [0, 0.1) is 6.92 Å². The van der Waals surface area contributed by atoms with Crippen molar-refractivity contribution in [2.24, 2.45) is 0 Å². The maximum Gasteiger partial charge on any atom is 0.273 e. The van der Waals surface area contributed by atoms with E-state index in [0.29, 0.717) is 27.4 Å². The number of aryl methyl sites for hydroxylation is 1. The van der Waals surface area contributed by atoms with Crippen LogP contribution in [0.5, 0.6) is 11.6 Å². The van der Waals surface area contributed by atoms with Gasteiger partial charge in [0.05, 0.1) is 25.3 Å². The predicted molar refractivity (Wildman–Crippen MR) is 132 cm³/mol. The van der Waals surface area contributed by atoms with Crippen LogP contribution < -0.4 is 9.47 Å². The Balaban J connectivity index is 1.77. The molecule has 2 aromatic heterocycles. The Morgan fingerprint density at radius 3 is 2.53 bits per heavy atom. The first-order valence-corrected chi connectivity index (χ1v) is 11.5. The minimum Gasteiger partial charge on any atom is -0.497 e. The van der Waals surface area contributed by atoms with Gasteiger partial charge in [0.1, 0.15) is 28.8 Å². The monoisotopic (exact) mass is 524 g/mol. The molecule has 4 rings (SSSR count). The summed E-state index contributed by atoms with van der Waals surface area (Å²) in [5.41, 5.74) is 2.81. The molecular formula is C26H25BrN2O5. The molecule has 0 saturated carbocycles. The highest BCUT2D eigenvalue weighted by Crippen LogP contribution is 2.32. The molecule has 8 heteroatoms. The number of halogens is 1. The topological polar surface area (TPSA) is 85.0 Å². The van der Waals surface area contributed by atoms with Crippen LogP contribution in [-0.4, -0.2) is 41.7 Å². The van der Waals surface area contributed by atoms with Gasteiger partial charge >= 0.3 is 0 Å². The fraction of sp³-hybridized carbons (Fsp3) is 0.231. The summed E-state index contributed by atoms with van der Waals surface area (Å²) in [6.45, 7) is 1.90. The second-order valence-electron chi connectivity index (χ2n) is 7.80. The van der Waals surface area contributed by atoms with Crippen molar-refractivity contribution in [3.8, 4) is 11.6 Å². The van der Waals surface area contributed by atoms with Gasteiger partial charge in [-0.25, -0.2) is 4.98 Å². The third-order valence-corrected chi connectivity index (χ3v) is 6.28. The molecule has 0 aliphatic carbocycles. The highest BCUT2D eigenvalue weighted by molar-refractivity contribution is 9.10. The van der Waals surface area contributed by atoms with Gasteiger partial charge in [0.25, 0.3) is 5.91 Å². The van der Waals surface area contributed by atoms with Gasteiger partial charge < -0.3 is 23.9 Å². The molecule has 1 amide bonds. The number of methoxy groups -OCH3 is 2. The fourth-order valence-corrected chi connectivity index (χ4v) is 4.20. The Morgan fingerprint density at radius 1 is 1.12 bits per heavy atom. The number of carbonyl (C=O) groups excluding carboxylic acids is 1. The van der Waals surface area contributed by atoms with Crippen molar-refractivity contribution >= 4 is 32.8 Å². The van der Waals surface area contributed by atoms with Crippen LogP contribution in [0.15, 0.2) is 69.6 Å². The highest BCUT2D eigenvalue weighted by atomic mass is 79.9. The molecule has 34 heavy (non-hydrogen) atoms. The summed E-state index contributed by atoms with van der Waals surface area (Å²) in [5, 5.41) is 11.4. The lowest BCUT2D eigenvalue weighted by Crippen LogP contribution is -2.36. The number of aromatic nitrogens is 1. The minimum atomic E-state index is -0.724. The van der Waals surface area contributed by atoms with Crippen LogP contribution in [0.2, 0.25) is 0 Å². The fourth-order valence-electron chi connectivity index (χ4n) is 3.82. The number of furan rings is 1. The summed E-state index contributed by atoms with van der Waals surface area (Å²) in [6.07, 6.45) is 0. The maximum atomic E-state index is 13.7. The van der Waals surface area contributed by atoms with E-state index in [1.807, 2.05) is 55.5 Å². The molecule has 2 heterocycles. The first-order chi connectivity index (χ1) is 16.4. The number of benzene rings is 2. The van der Waals surface area contributed by atoms with Crippen molar-refractivity contribution in [3.63, 3.8) is 0 Å². The number of ether oxygens (including phenoxy) is 2. The van der Waals surface area contributed by atoms with E-state index >= 15 is 0 Å². The summed E-state index contributed by atoms with van der Waals surface area (Å²) in [5.74, 6) is 1.15. The number of hydrogen-bond acceptors (Lipinski definition) is 6. The molecule has 0 radical (unpaired) electrons. The number of aliphatic hydroxyl groups excluding tert-OH is 1. The third kappa shape index (κ3) is 4.78. The molecule has 2 aromatic carbocycles. The molecule has 176 valence electrons. The van der Waals surface area contributed by atoms with E-state index < -0.39 is 6.04 Å². The van der Waals surface area contributed by atoms with Crippen molar-refractivity contribution in [2.45, 2.75) is 19.5 Å². The number of aliphatic hydroxyl groups is 1. The Morgan fingerprint density at radius 2 is 1.88 bits per heavy atom. The average molecular weight is 525 g/mol. The Bertz CT molecular complexity index is 1300. The molecule has 1 atom stereocenters. The van der Waals surface area contributed by atoms with Crippen LogP contribution >= 0.6 is 15.9 Å². The predicted octanol–water partition coefficient (Wildman–Crippen LogP) is 5.29. The second kappa shape index (κ2) is 10.3. The molecule has 7 nitrogen and oxygen atoms in total. The van der Waals surface area contributed by atoms with Gasteiger partial charge in [-0.1, -0.05) is 24.3 Å². The number of carbonyl (C=O) groups is 1. The molecule has 0 aliphatic rings. The average Bonchev–Trinajstić information content (AvgIpc) is 3.29. The zero-order chi connectivity index (χ0) is 24.2. The van der Waals surface area contributed by atoms with Gasteiger partial charge in [-0.05, 0) is 70.4 Å². The lowest BCUT2D eigenvalue weighted by atomic mass is 10.1.